The number of nitrogen functional groups attached to an aromatic ring is 1. The van der Waals surface area contributed by atoms with Crippen molar-refractivity contribution < 1.29 is 43.7 Å². The second-order valence-electron chi connectivity index (χ2n) is 12.9. The molecule has 3 heterocycles. The van der Waals surface area contributed by atoms with Crippen LogP contribution < -0.4 is 24.6 Å². The van der Waals surface area contributed by atoms with Crippen LogP contribution in [0.25, 0.3) is 21.9 Å². The molecule has 5 N–H and O–H groups in total. The maximum Gasteiger partial charge on any atom is 0.395 e. The third kappa shape index (κ3) is 6.23. The first-order chi connectivity index (χ1) is 24.3. The van der Waals surface area contributed by atoms with E-state index in [1.165, 1.54) is 25.5 Å². The summed E-state index contributed by atoms with van der Waals surface area (Å²) in [6, 6.07) is 18.3. The van der Waals surface area contributed by atoms with Crippen LogP contribution in [0.5, 0.6) is 17.4 Å². The zero-order chi connectivity index (χ0) is 36.2. The van der Waals surface area contributed by atoms with Crippen molar-refractivity contribution >= 4 is 64.6 Å². The Labute approximate surface area is 306 Å². The number of aromatic nitrogens is 4. The van der Waals surface area contributed by atoms with Gasteiger partial charge in [-0.15, -0.1) is 0 Å². The van der Waals surface area contributed by atoms with E-state index in [1.807, 2.05) is 59.0 Å². The van der Waals surface area contributed by atoms with E-state index in [-0.39, 0.29) is 35.6 Å². The van der Waals surface area contributed by atoms with Crippen molar-refractivity contribution in [1.82, 2.24) is 19.5 Å². The summed E-state index contributed by atoms with van der Waals surface area (Å²) in [5, 5.41) is 34.4. The van der Waals surface area contributed by atoms with Gasteiger partial charge in [-0.2, -0.15) is 9.97 Å². The van der Waals surface area contributed by atoms with Gasteiger partial charge in [-0.05, 0) is 49.3 Å². The van der Waals surface area contributed by atoms with Crippen LogP contribution in [-0.4, -0.2) is 77.9 Å². The van der Waals surface area contributed by atoms with E-state index in [9.17, 15) is 25.0 Å². The number of carboxylic acids is 1. The maximum absolute atomic E-state index is 13.6. The molecule has 266 valence electrons. The molecule has 1 saturated heterocycles. The van der Waals surface area contributed by atoms with Crippen LogP contribution in [0.15, 0.2) is 65.4 Å². The highest BCUT2D eigenvalue weighted by molar-refractivity contribution is 14.1. The molecule has 1 aliphatic carbocycles. The smallest absolute Gasteiger partial charge is 0.395 e. The highest BCUT2D eigenvalue weighted by Gasteiger charge is 2.54. The first kappa shape index (κ1) is 35.2. The van der Waals surface area contributed by atoms with Gasteiger partial charge < -0.3 is 40.2 Å². The van der Waals surface area contributed by atoms with Crippen molar-refractivity contribution in [3.8, 4) is 17.4 Å². The fourth-order valence-electron chi connectivity index (χ4n) is 6.77. The Bertz CT molecular complexity index is 2170. The molecule has 2 aliphatic rings. The van der Waals surface area contributed by atoms with Crippen LogP contribution in [0.2, 0.25) is 0 Å². The minimum atomic E-state index is -2.91. The summed E-state index contributed by atoms with van der Waals surface area (Å²) in [6.45, 7) is 2.61. The van der Waals surface area contributed by atoms with Gasteiger partial charge in [0.25, 0.3) is 0 Å². The number of nitrogens with two attached hydrogens (primary N) is 1. The largest absolute Gasteiger partial charge is 0.575 e. The Morgan fingerprint density at radius 1 is 1.16 bits per heavy atom. The summed E-state index contributed by atoms with van der Waals surface area (Å²) in [5.41, 5.74) is 4.96. The number of fused-ring (bicyclic) bond motifs is 3. The fraction of sp³-hybridized carbons (Fsp3) is 0.353. The highest BCUT2D eigenvalue weighted by atomic mass is 127. The Hall–Kier alpha value is -4.19. The number of aliphatic hydroxyl groups excluding tert-OH is 1. The van der Waals surface area contributed by atoms with E-state index in [0.717, 1.165) is 16.5 Å². The zero-order valence-electron chi connectivity index (χ0n) is 27.6. The number of methoxy groups -OCH3 is 1. The summed E-state index contributed by atoms with van der Waals surface area (Å²) in [4.78, 5) is 39.1. The SMILES string of the molecule is COc1nc(N)nc2c1nc(I)n2[C@@H]1O[C@H](COc2ccc3ccccc3c2O/[P+]([O-])=N/[C@](C)(C(=O)O)C2Cc3ccccc3C2)[C@@H](O)[C@@]1(C)O. The minimum absolute atomic E-state index is 0.0747. The van der Waals surface area contributed by atoms with E-state index in [0.29, 0.717) is 27.6 Å². The summed E-state index contributed by atoms with van der Waals surface area (Å²) in [6.07, 6.45) is -2.74. The molecule has 15 nitrogen and oxygen atoms in total. The lowest BCUT2D eigenvalue weighted by molar-refractivity contribution is -0.170. The minimum Gasteiger partial charge on any atom is -0.575 e. The van der Waals surface area contributed by atoms with Crippen LogP contribution in [-0.2, 0) is 22.4 Å². The van der Waals surface area contributed by atoms with E-state index >= 15 is 0 Å². The summed E-state index contributed by atoms with van der Waals surface area (Å²) < 4.78 is 29.8. The molecule has 3 aromatic carbocycles. The molecule has 0 spiro atoms. The Balaban J connectivity index is 1.17. The third-order valence-electron chi connectivity index (χ3n) is 9.65. The van der Waals surface area contributed by atoms with Gasteiger partial charge in [0.05, 0.1) is 7.11 Å². The molecule has 7 rings (SSSR count). The predicted molar refractivity (Wildman–Crippen MR) is 192 cm³/mol. The molecule has 2 aromatic heterocycles. The average molecular weight is 829 g/mol. The summed E-state index contributed by atoms with van der Waals surface area (Å²) >= 11 is 1.95. The number of aliphatic hydroxyl groups is 2. The number of carbonyl (C=O) groups is 1. The zero-order valence-corrected chi connectivity index (χ0v) is 30.7. The Kier molecular flexibility index (Phi) is 9.26. The van der Waals surface area contributed by atoms with Crippen molar-refractivity contribution in [2.24, 2.45) is 10.7 Å². The normalized spacial score (nSPS) is 23.4. The number of hydrogen-bond donors (Lipinski definition) is 4. The molecular weight excluding hydrogens is 794 g/mol. The fourth-order valence-corrected chi connectivity index (χ4v) is 8.46. The number of halogens is 1. The van der Waals surface area contributed by atoms with Gasteiger partial charge in [-0.3, -0.25) is 9.09 Å². The molecule has 0 amide bonds. The lowest BCUT2D eigenvalue weighted by Gasteiger charge is -2.27. The second-order valence-corrected chi connectivity index (χ2v) is 14.7. The lowest BCUT2D eigenvalue weighted by Crippen LogP contribution is -2.45. The molecule has 5 aromatic rings. The van der Waals surface area contributed by atoms with Crippen LogP contribution in [0.3, 0.4) is 0 Å². The van der Waals surface area contributed by atoms with Gasteiger partial charge in [0.1, 0.15) is 24.4 Å². The molecule has 0 radical (unpaired) electrons. The standard InChI is InChI=1S/C34H34IN6O9P/c1-33(30(43)44,20-14-18-9-4-5-10-19(18)15-20)40-51(46)50-25-21-11-7-6-8-17(21)12-13-22(25)48-16-23-26(42)34(2,45)29(49-23)41-27-24(37-31(41)35)28(47-3)39-32(36)38-27/h4-13,20,23,26,29,42,45H,14-16H2,1-3H3,(H,43,44)(H2,36,38,39)/t23-,26-,29-,33+,34-/m1/s1. The molecule has 1 fully saturated rings. The van der Waals surface area contributed by atoms with E-state index in [1.54, 1.807) is 24.3 Å². The van der Waals surface area contributed by atoms with Crippen molar-refractivity contribution in [1.29, 1.82) is 0 Å². The van der Waals surface area contributed by atoms with Crippen LogP contribution in [0, 0.1) is 9.75 Å². The van der Waals surface area contributed by atoms with Crippen molar-refractivity contribution in [2.45, 2.75) is 56.3 Å². The van der Waals surface area contributed by atoms with Crippen molar-refractivity contribution in [2.75, 3.05) is 19.5 Å². The number of benzene rings is 3. The quantitative estimate of drug-likeness (QED) is 0.0897. The van der Waals surface area contributed by atoms with E-state index in [2.05, 4.69) is 19.7 Å². The number of imidazole rings is 1. The maximum atomic E-state index is 13.6. The van der Waals surface area contributed by atoms with Gasteiger partial charge in [-0.25, -0.2) is 9.78 Å². The van der Waals surface area contributed by atoms with Crippen LogP contribution in [0.4, 0.5) is 5.95 Å². The number of carboxylic acid groups (broad SMARTS) is 1. The number of ether oxygens (including phenoxy) is 3. The highest BCUT2D eigenvalue weighted by Crippen LogP contribution is 2.45. The second kappa shape index (κ2) is 13.4. The molecule has 0 bridgehead atoms. The van der Waals surface area contributed by atoms with Crippen LogP contribution in [0.1, 0.15) is 31.2 Å². The van der Waals surface area contributed by atoms with E-state index in [4.69, 9.17) is 24.5 Å². The third-order valence-corrected chi connectivity index (χ3v) is 11.3. The summed E-state index contributed by atoms with van der Waals surface area (Å²) in [7, 11) is -1.50. The molecular formula is C34H34IN6O9P. The van der Waals surface area contributed by atoms with Crippen molar-refractivity contribution in [3.05, 3.63) is 75.6 Å². The number of nitrogens with zero attached hydrogens (tertiary/aromatic N) is 5. The Morgan fingerprint density at radius 2 is 1.84 bits per heavy atom. The van der Waals surface area contributed by atoms with Gasteiger partial charge in [-0.1, -0.05) is 59.3 Å². The van der Waals surface area contributed by atoms with Crippen LogP contribution >= 0.6 is 30.8 Å². The van der Waals surface area contributed by atoms with Gasteiger partial charge in [0, 0.05) is 33.9 Å². The molecule has 17 heteroatoms. The number of aliphatic carboxylic acids is 1. The van der Waals surface area contributed by atoms with E-state index < -0.39 is 49.6 Å². The average Bonchev–Trinajstić information content (AvgIpc) is 3.75. The molecule has 6 atom stereocenters. The molecule has 0 saturated carbocycles. The lowest BCUT2D eigenvalue weighted by atomic mass is 9.84. The number of hydrogen-bond acceptors (Lipinski definition) is 13. The molecule has 1 aliphatic heterocycles. The van der Waals surface area contributed by atoms with Gasteiger partial charge >= 0.3 is 14.1 Å². The topological polar surface area (TPSA) is 220 Å². The predicted octanol–water partition coefficient (Wildman–Crippen LogP) is 3.76. The molecule has 51 heavy (non-hydrogen) atoms. The summed E-state index contributed by atoms with van der Waals surface area (Å²) in [5.74, 6) is -1.36. The number of rotatable bonds is 10. The first-order valence-corrected chi connectivity index (χ1v) is 18.2. The van der Waals surface area contributed by atoms with Gasteiger partial charge in [0.15, 0.2) is 27.0 Å². The molecule has 1 unspecified atom stereocenters. The monoisotopic (exact) mass is 828 g/mol. The van der Waals surface area contributed by atoms with Gasteiger partial charge in [0.2, 0.25) is 23.1 Å². The van der Waals surface area contributed by atoms with Crippen molar-refractivity contribution in [3.63, 3.8) is 0 Å². The number of anilines is 1. The first-order valence-electron chi connectivity index (χ1n) is 16.0. The Morgan fingerprint density at radius 3 is 2.53 bits per heavy atom.